The lowest BCUT2D eigenvalue weighted by atomic mass is 10.2. The third-order valence-electron chi connectivity index (χ3n) is 2.77. The number of hydrogen-bond donors (Lipinski definition) is 1. The van der Waals surface area contributed by atoms with Gasteiger partial charge >= 0.3 is 0 Å². The van der Waals surface area contributed by atoms with E-state index in [4.69, 9.17) is 0 Å². The second kappa shape index (κ2) is 8.59. The smallest absolute Gasteiger partial charge is 0.0522 e. The van der Waals surface area contributed by atoms with Crippen molar-refractivity contribution in [2.75, 3.05) is 11.5 Å². The van der Waals surface area contributed by atoms with Crippen LogP contribution < -0.4 is 5.32 Å². The Labute approximate surface area is 109 Å². The number of aromatic nitrogens is 2. The van der Waals surface area contributed by atoms with Gasteiger partial charge in [-0.3, -0.25) is 4.68 Å². The van der Waals surface area contributed by atoms with Crippen LogP contribution in [-0.4, -0.2) is 27.3 Å². The molecule has 3 nitrogen and oxygen atoms in total. The first-order valence-corrected chi connectivity index (χ1v) is 7.75. The van der Waals surface area contributed by atoms with Crippen molar-refractivity contribution in [1.29, 1.82) is 0 Å². The third-order valence-corrected chi connectivity index (χ3v) is 3.70. The highest BCUT2D eigenvalue weighted by Crippen LogP contribution is 2.05. The van der Waals surface area contributed by atoms with E-state index in [0.29, 0.717) is 6.04 Å². The zero-order valence-electron chi connectivity index (χ0n) is 11.3. The van der Waals surface area contributed by atoms with Crippen LogP contribution >= 0.6 is 11.8 Å². The Balaban J connectivity index is 2.26. The summed E-state index contributed by atoms with van der Waals surface area (Å²) in [5, 5.41) is 7.90. The van der Waals surface area contributed by atoms with Gasteiger partial charge in [-0.2, -0.15) is 16.9 Å². The van der Waals surface area contributed by atoms with Crippen molar-refractivity contribution in [3.63, 3.8) is 0 Å². The van der Waals surface area contributed by atoms with E-state index in [9.17, 15) is 0 Å². The van der Waals surface area contributed by atoms with E-state index in [1.165, 1.54) is 23.6 Å². The summed E-state index contributed by atoms with van der Waals surface area (Å²) in [6, 6.07) is 2.69. The molecule has 4 heteroatoms. The van der Waals surface area contributed by atoms with Gasteiger partial charge in [0.1, 0.15) is 0 Å². The van der Waals surface area contributed by atoms with Crippen molar-refractivity contribution in [3.05, 3.63) is 18.0 Å². The minimum Gasteiger partial charge on any atom is -0.309 e. The van der Waals surface area contributed by atoms with Gasteiger partial charge in [0.2, 0.25) is 0 Å². The number of thioether (sulfide) groups is 1. The first-order valence-electron chi connectivity index (χ1n) is 6.59. The van der Waals surface area contributed by atoms with Gasteiger partial charge in [-0.25, -0.2) is 0 Å². The quantitative estimate of drug-likeness (QED) is 0.688. The van der Waals surface area contributed by atoms with Crippen molar-refractivity contribution in [1.82, 2.24) is 15.1 Å². The summed E-state index contributed by atoms with van der Waals surface area (Å²) >= 11 is 2.01. The molecule has 0 fully saturated rings. The van der Waals surface area contributed by atoms with Crippen LogP contribution in [0.5, 0.6) is 0 Å². The SMILES string of the molecule is CCCn1nccc1CNC(C)CCSCC. The number of aryl methyl sites for hydroxylation is 1. The maximum absolute atomic E-state index is 4.33. The number of rotatable bonds is 9. The van der Waals surface area contributed by atoms with Crippen molar-refractivity contribution in [2.45, 2.75) is 52.7 Å². The van der Waals surface area contributed by atoms with Gasteiger partial charge in [0.05, 0.1) is 5.69 Å². The van der Waals surface area contributed by atoms with E-state index in [1.807, 2.05) is 18.0 Å². The lowest BCUT2D eigenvalue weighted by Gasteiger charge is -2.14. The molecule has 0 bridgehead atoms. The largest absolute Gasteiger partial charge is 0.309 e. The summed E-state index contributed by atoms with van der Waals surface area (Å²) in [6.07, 6.45) is 4.27. The van der Waals surface area contributed by atoms with Crippen LogP contribution in [0.2, 0.25) is 0 Å². The van der Waals surface area contributed by atoms with Crippen LogP contribution in [-0.2, 0) is 13.1 Å². The Bertz CT molecular complexity index is 299. The van der Waals surface area contributed by atoms with Crippen LogP contribution in [0.3, 0.4) is 0 Å². The van der Waals surface area contributed by atoms with Gasteiger partial charge < -0.3 is 5.32 Å². The topological polar surface area (TPSA) is 29.9 Å². The molecule has 0 aliphatic rings. The minimum atomic E-state index is 0.582. The molecule has 1 atom stereocenters. The van der Waals surface area contributed by atoms with Crippen LogP contribution in [0.4, 0.5) is 0 Å². The highest BCUT2D eigenvalue weighted by Gasteiger charge is 2.04. The molecule has 0 spiro atoms. The maximum atomic E-state index is 4.33. The van der Waals surface area contributed by atoms with Gasteiger partial charge in [0, 0.05) is 25.3 Å². The van der Waals surface area contributed by atoms with Gasteiger partial charge in [0.15, 0.2) is 0 Å². The van der Waals surface area contributed by atoms with Crippen LogP contribution in [0.15, 0.2) is 12.3 Å². The Kier molecular flexibility index (Phi) is 7.37. The molecular weight excluding hydrogens is 230 g/mol. The molecule has 98 valence electrons. The first kappa shape index (κ1) is 14.6. The zero-order chi connectivity index (χ0) is 12.5. The van der Waals surface area contributed by atoms with Crippen molar-refractivity contribution >= 4 is 11.8 Å². The van der Waals surface area contributed by atoms with Crippen LogP contribution in [0.25, 0.3) is 0 Å². The normalized spacial score (nSPS) is 12.9. The molecule has 0 saturated heterocycles. The van der Waals surface area contributed by atoms with Crippen molar-refractivity contribution in [3.8, 4) is 0 Å². The molecule has 1 heterocycles. The predicted octanol–water partition coefficient (Wildman–Crippen LogP) is 2.91. The lowest BCUT2D eigenvalue weighted by Crippen LogP contribution is -2.27. The number of hydrogen-bond acceptors (Lipinski definition) is 3. The predicted molar refractivity (Wildman–Crippen MR) is 76.4 cm³/mol. The van der Waals surface area contributed by atoms with Gasteiger partial charge in [0.25, 0.3) is 0 Å². The second-order valence-electron chi connectivity index (χ2n) is 4.31. The highest BCUT2D eigenvalue weighted by atomic mass is 32.2. The lowest BCUT2D eigenvalue weighted by molar-refractivity contribution is 0.499. The molecule has 0 saturated carbocycles. The van der Waals surface area contributed by atoms with Gasteiger partial charge in [-0.15, -0.1) is 0 Å². The molecule has 0 amide bonds. The molecule has 0 radical (unpaired) electrons. The van der Waals surface area contributed by atoms with Gasteiger partial charge in [-0.1, -0.05) is 13.8 Å². The van der Waals surface area contributed by atoms with E-state index in [-0.39, 0.29) is 0 Å². The van der Waals surface area contributed by atoms with Crippen molar-refractivity contribution in [2.24, 2.45) is 0 Å². The molecule has 0 aliphatic carbocycles. The summed E-state index contributed by atoms with van der Waals surface area (Å²) in [7, 11) is 0. The fraction of sp³-hybridized carbons (Fsp3) is 0.769. The average Bonchev–Trinajstić information content (AvgIpc) is 2.75. The minimum absolute atomic E-state index is 0.582. The van der Waals surface area contributed by atoms with Crippen LogP contribution in [0.1, 0.15) is 39.3 Å². The summed E-state index contributed by atoms with van der Waals surface area (Å²) in [4.78, 5) is 0. The molecule has 0 aromatic carbocycles. The first-order chi connectivity index (χ1) is 8.27. The molecule has 1 unspecified atom stereocenters. The fourth-order valence-electron chi connectivity index (χ4n) is 1.71. The van der Waals surface area contributed by atoms with E-state index >= 15 is 0 Å². The van der Waals surface area contributed by atoms with Crippen molar-refractivity contribution < 1.29 is 0 Å². The Hall–Kier alpha value is -0.480. The monoisotopic (exact) mass is 255 g/mol. The number of nitrogens with one attached hydrogen (secondary N) is 1. The summed E-state index contributed by atoms with van der Waals surface area (Å²) < 4.78 is 2.10. The fourth-order valence-corrected chi connectivity index (χ4v) is 2.52. The van der Waals surface area contributed by atoms with Gasteiger partial charge in [-0.05, 0) is 37.3 Å². The number of nitrogens with zero attached hydrogens (tertiary/aromatic N) is 2. The molecule has 1 rings (SSSR count). The average molecular weight is 255 g/mol. The molecule has 17 heavy (non-hydrogen) atoms. The molecule has 1 aromatic heterocycles. The summed E-state index contributed by atoms with van der Waals surface area (Å²) in [6.45, 7) is 8.61. The second-order valence-corrected chi connectivity index (χ2v) is 5.71. The van der Waals surface area contributed by atoms with E-state index < -0.39 is 0 Å². The van der Waals surface area contributed by atoms with E-state index in [1.54, 1.807) is 0 Å². The molecule has 0 aliphatic heterocycles. The third kappa shape index (κ3) is 5.59. The van der Waals surface area contributed by atoms with E-state index in [2.05, 4.69) is 41.9 Å². The van der Waals surface area contributed by atoms with E-state index in [0.717, 1.165) is 19.5 Å². The molecule has 1 N–H and O–H groups in total. The maximum Gasteiger partial charge on any atom is 0.0522 e. The molecular formula is C13H25N3S. The Morgan fingerprint density at radius 3 is 3.00 bits per heavy atom. The van der Waals surface area contributed by atoms with Crippen LogP contribution in [0, 0.1) is 0 Å². The highest BCUT2D eigenvalue weighted by molar-refractivity contribution is 7.99. The Morgan fingerprint density at radius 1 is 1.47 bits per heavy atom. The summed E-state index contributed by atoms with van der Waals surface area (Å²) in [5.74, 6) is 2.47. The zero-order valence-corrected chi connectivity index (χ0v) is 12.1. The Morgan fingerprint density at radius 2 is 2.29 bits per heavy atom. The molecule has 1 aromatic rings. The summed E-state index contributed by atoms with van der Waals surface area (Å²) in [5.41, 5.74) is 1.29. The standard InChI is InChI=1S/C13H25N3S/c1-4-9-16-13(6-8-15-16)11-14-12(3)7-10-17-5-2/h6,8,12,14H,4-5,7,9-11H2,1-3H3.